The van der Waals surface area contributed by atoms with E-state index >= 15 is 0 Å². The number of hydrogen-bond acceptors (Lipinski definition) is 9. The Kier molecular flexibility index (Phi) is 9.24. The Bertz CT molecular complexity index is 580. The van der Waals surface area contributed by atoms with Crippen LogP contribution in [-0.2, 0) is 38.1 Å². The largest absolute Gasteiger partial charge is 0.480 e. The first-order valence-electron chi connectivity index (χ1n) is 7.93. The quantitative estimate of drug-likeness (QED) is 0.438. The molecular formula is C16H25NO10. The lowest BCUT2D eigenvalue weighted by atomic mass is 10.1. The summed E-state index contributed by atoms with van der Waals surface area (Å²) in [5.41, 5.74) is -0.920. The van der Waals surface area contributed by atoms with Gasteiger partial charge in [0.05, 0.1) is 0 Å². The Labute approximate surface area is 156 Å². The lowest BCUT2D eigenvalue weighted by molar-refractivity contribution is -0.178. The van der Waals surface area contributed by atoms with E-state index in [1.807, 2.05) is 0 Å². The number of ether oxygens (including phenoxy) is 4. The standard InChI is InChI=1S/C16H25NO10/c1-8(18)24-7-11(25-9(2)19)13(26-10(3)20)12(14(21)22)17-15(23)27-16(4,5)6/h11-13H,7H2,1-6H3,(H,17,23)(H,21,22)/t11-,12-,13+/m0/s1. The maximum absolute atomic E-state index is 11.9. The third kappa shape index (κ3) is 10.7. The minimum Gasteiger partial charge on any atom is -0.480 e. The molecule has 0 aliphatic heterocycles. The van der Waals surface area contributed by atoms with E-state index in [2.05, 4.69) is 5.32 Å². The van der Waals surface area contributed by atoms with Gasteiger partial charge in [0.1, 0.15) is 12.2 Å². The molecule has 0 aliphatic rings. The van der Waals surface area contributed by atoms with Gasteiger partial charge in [-0.25, -0.2) is 9.59 Å². The van der Waals surface area contributed by atoms with E-state index in [-0.39, 0.29) is 0 Å². The van der Waals surface area contributed by atoms with Crippen LogP contribution >= 0.6 is 0 Å². The molecule has 0 aromatic rings. The van der Waals surface area contributed by atoms with Crippen LogP contribution in [0.5, 0.6) is 0 Å². The molecule has 11 nitrogen and oxygen atoms in total. The molecule has 0 unspecified atom stereocenters. The summed E-state index contributed by atoms with van der Waals surface area (Å²) < 4.78 is 19.6. The van der Waals surface area contributed by atoms with Gasteiger partial charge < -0.3 is 29.4 Å². The maximum atomic E-state index is 11.9. The molecule has 0 radical (unpaired) electrons. The number of hydrogen-bond donors (Lipinski definition) is 2. The predicted molar refractivity (Wildman–Crippen MR) is 88.5 cm³/mol. The molecule has 0 saturated carbocycles. The number of aliphatic carboxylic acids is 1. The summed E-state index contributed by atoms with van der Waals surface area (Å²) in [7, 11) is 0. The maximum Gasteiger partial charge on any atom is 0.408 e. The highest BCUT2D eigenvalue weighted by atomic mass is 16.6. The molecule has 0 fully saturated rings. The summed E-state index contributed by atoms with van der Waals surface area (Å²) in [5.74, 6) is -4.07. The molecule has 0 rings (SSSR count). The summed E-state index contributed by atoms with van der Waals surface area (Å²) in [5, 5.41) is 11.5. The van der Waals surface area contributed by atoms with Gasteiger partial charge in [0.15, 0.2) is 18.2 Å². The normalized spacial score (nSPS) is 14.1. The number of nitrogens with one attached hydrogen (secondary N) is 1. The molecule has 27 heavy (non-hydrogen) atoms. The SMILES string of the molecule is CC(=O)OC[C@H](OC(C)=O)[C@@H](OC(C)=O)[C@H](NC(=O)OC(C)(C)C)C(=O)O. The lowest BCUT2D eigenvalue weighted by Crippen LogP contribution is -2.57. The zero-order valence-corrected chi connectivity index (χ0v) is 16.1. The van der Waals surface area contributed by atoms with Crippen LogP contribution in [0.2, 0.25) is 0 Å². The van der Waals surface area contributed by atoms with Crippen LogP contribution in [0.4, 0.5) is 4.79 Å². The van der Waals surface area contributed by atoms with Gasteiger partial charge in [-0.15, -0.1) is 0 Å². The highest BCUT2D eigenvalue weighted by Crippen LogP contribution is 2.14. The fourth-order valence-electron chi connectivity index (χ4n) is 1.88. The van der Waals surface area contributed by atoms with Crippen molar-refractivity contribution in [2.24, 2.45) is 0 Å². The number of carboxylic acid groups (broad SMARTS) is 1. The first-order chi connectivity index (χ1) is 12.2. The molecule has 0 aromatic heterocycles. The van der Waals surface area contributed by atoms with Crippen LogP contribution in [0.15, 0.2) is 0 Å². The van der Waals surface area contributed by atoms with E-state index in [0.29, 0.717) is 0 Å². The Morgan fingerprint density at radius 2 is 1.44 bits per heavy atom. The molecule has 0 bridgehead atoms. The van der Waals surface area contributed by atoms with Gasteiger partial charge in [0, 0.05) is 20.8 Å². The number of carbonyl (C=O) groups excluding carboxylic acids is 4. The summed E-state index contributed by atoms with van der Waals surface area (Å²) >= 11 is 0. The fourth-order valence-corrected chi connectivity index (χ4v) is 1.88. The van der Waals surface area contributed by atoms with Gasteiger partial charge >= 0.3 is 30.0 Å². The van der Waals surface area contributed by atoms with E-state index < -0.39 is 60.4 Å². The second-order valence-electron chi connectivity index (χ2n) is 6.49. The zero-order chi connectivity index (χ0) is 21.4. The molecule has 0 aromatic carbocycles. The number of amides is 1. The van der Waals surface area contributed by atoms with Crippen molar-refractivity contribution in [2.45, 2.75) is 65.4 Å². The van der Waals surface area contributed by atoms with Crippen LogP contribution in [0.25, 0.3) is 0 Å². The fraction of sp³-hybridized carbons (Fsp3) is 0.688. The van der Waals surface area contributed by atoms with Crippen molar-refractivity contribution < 1.29 is 48.0 Å². The van der Waals surface area contributed by atoms with Crippen LogP contribution in [0, 0.1) is 0 Å². The van der Waals surface area contributed by atoms with Crippen molar-refractivity contribution in [1.82, 2.24) is 5.32 Å². The molecular weight excluding hydrogens is 366 g/mol. The van der Waals surface area contributed by atoms with Gasteiger partial charge in [0.2, 0.25) is 0 Å². The van der Waals surface area contributed by atoms with Crippen LogP contribution in [-0.4, -0.2) is 65.5 Å². The van der Waals surface area contributed by atoms with Gasteiger partial charge in [-0.05, 0) is 20.8 Å². The molecule has 3 atom stereocenters. The minimum atomic E-state index is -1.84. The van der Waals surface area contributed by atoms with E-state index in [1.54, 1.807) is 20.8 Å². The third-order valence-corrected chi connectivity index (χ3v) is 2.70. The number of carboxylic acids is 1. The first kappa shape index (κ1) is 24.1. The number of carbonyl (C=O) groups is 5. The van der Waals surface area contributed by atoms with Crippen LogP contribution in [0.1, 0.15) is 41.5 Å². The van der Waals surface area contributed by atoms with E-state index in [9.17, 15) is 29.1 Å². The Morgan fingerprint density at radius 3 is 1.81 bits per heavy atom. The van der Waals surface area contributed by atoms with Crippen LogP contribution < -0.4 is 5.32 Å². The topological polar surface area (TPSA) is 155 Å². The second-order valence-corrected chi connectivity index (χ2v) is 6.49. The van der Waals surface area contributed by atoms with E-state index in [4.69, 9.17) is 18.9 Å². The monoisotopic (exact) mass is 391 g/mol. The summed E-state index contributed by atoms with van der Waals surface area (Å²) in [6, 6.07) is -1.84. The Balaban J connectivity index is 5.69. The van der Waals surface area contributed by atoms with Gasteiger partial charge in [-0.2, -0.15) is 0 Å². The minimum absolute atomic E-state index is 0.591. The van der Waals surface area contributed by atoms with Gasteiger partial charge in [-0.1, -0.05) is 0 Å². The van der Waals surface area contributed by atoms with Crippen LogP contribution in [0.3, 0.4) is 0 Å². The number of alkyl carbamates (subject to hydrolysis) is 1. The lowest BCUT2D eigenvalue weighted by Gasteiger charge is -2.31. The summed E-state index contributed by atoms with van der Waals surface area (Å²) in [4.78, 5) is 57.4. The zero-order valence-electron chi connectivity index (χ0n) is 16.1. The summed E-state index contributed by atoms with van der Waals surface area (Å²) in [6.07, 6.45) is -4.26. The molecule has 0 saturated heterocycles. The van der Waals surface area contributed by atoms with Gasteiger partial charge in [0.25, 0.3) is 0 Å². The number of rotatable bonds is 8. The predicted octanol–water partition coefficient (Wildman–Crippen LogP) is 0.391. The molecule has 2 N–H and O–H groups in total. The molecule has 11 heteroatoms. The molecule has 0 aliphatic carbocycles. The smallest absolute Gasteiger partial charge is 0.408 e. The Morgan fingerprint density at radius 1 is 0.926 bits per heavy atom. The molecule has 154 valence electrons. The third-order valence-electron chi connectivity index (χ3n) is 2.70. The summed E-state index contributed by atoms with van der Waals surface area (Å²) in [6.45, 7) is 7.21. The molecule has 0 spiro atoms. The molecule has 0 heterocycles. The number of esters is 3. The van der Waals surface area contributed by atoms with Crippen molar-refractivity contribution in [3.63, 3.8) is 0 Å². The van der Waals surface area contributed by atoms with Crippen molar-refractivity contribution >= 4 is 30.0 Å². The highest BCUT2D eigenvalue weighted by molar-refractivity contribution is 5.81. The second kappa shape index (κ2) is 10.3. The van der Waals surface area contributed by atoms with Crippen molar-refractivity contribution in [1.29, 1.82) is 0 Å². The molecule has 1 amide bonds. The first-order valence-corrected chi connectivity index (χ1v) is 7.93. The van der Waals surface area contributed by atoms with Crippen molar-refractivity contribution in [2.75, 3.05) is 6.61 Å². The van der Waals surface area contributed by atoms with Crippen molar-refractivity contribution in [3.05, 3.63) is 0 Å². The van der Waals surface area contributed by atoms with Crippen molar-refractivity contribution in [3.8, 4) is 0 Å². The average Bonchev–Trinajstić information content (AvgIpc) is 2.44. The Hall–Kier alpha value is -2.85. The van der Waals surface area contributed by atoms with E-state index in [1.165, 1.54) is 0 Å². The highest BCUT2D eigenvalue weighted by Gasteiger charge is 2.41. The van der Waals surface area contributed by atoms with Gasteiger partial charge in [-0.3, -0.25) is 14.4 Å². The van der Waals surface area contributed by atoms with E-state index in [0.717, 1.165) is 20.8 Å². The average molecular weight is 391 g/mol.